The zero-order chi connectivity index (χ0) is 10.7. The standard InChI is InChI=1S/C11H19NO3/c13-7-9-1-3-10(4-2-9)12-5-6-15-8-11(12)14/h9-10,13H,1-8H2/t9-,10-. The van der Waals surface area contributed by atoms with Crippen LogP contribution < -0.4 is 0 Å². The molecule has 15 heavy (non-hydrogen) atoms. The summed E-state index contributed by atoms with van der Waals surface area (Å²) in [6, 6.07) is 0.393. The number of ether oxygens (including phenoxy) is 1. The molecule has 0 atom stereocenters. The Bertz CT molecular complexity index is 224. The Morgan fingerprint density at radius 2 is 2.07 bits per heavy atom. The Morgan fingerprint density at radius 1 is 1.33 bits per heavy atom. The highest BCUT2D eigenvalue weighted by molar-refractivity contribution is 5.78. The van der Waals surface area contributed by atoms with E-state index >= 15 is 0 Å². The number of rotatable bonds is 2. The van der Waals surface area contributed by atoms with Crippen molar-refractivity contribution in [3.8, 4) is 0 Å². The molecule has 1 saturated heterocycles. The van der Waals surface area contributed by atoms with E-state index in [0.717, 1.165) is 32.2 Å². The lowest BCUT2D eigenvalue weighted by Gasteiger charge is -2.38. The number of aliphatic hydroxyl groups is 1. The van der Waals surface area contributed by atoms with Crippen LogP contribution in [-0.2, 0) is 9.53 Å². The maximum atomic E-state index is 11.6. The number of hydrogen-bond acceptors (Lipinski definition) is 3. The van der Waals surface area contributed by atoms with E-state index in [1.807, 2.05) is 4.90 Å². The van der Waals surface area contributed by atoms with E-state index in [4.69, 9.17) is 9.84 Å². The summed E-state index contributed by atoms with van der Waals surface area (Å²) in [6.45, 7) is 1.96. The normalized spacial score (nSPS) is 33.1. The number of hydrogen-bond donors (Lipinski definition) is 1. The van der Waals surface area contributed by atoms with Crippen LogP contribution in [0.5, 0.6) is 0 Å². The predicted octanol–water partition coefficient (Wildman–Crippen LogP) is 0.396. The van der Waals surface area contributed by atoms with Gasteiger partial charge in [0.2, 0.25) is 5.91 Å². The Hall–Kier alpha value is -0.610. The van der Waals surface area contributed by atoms with E-state index in [2.05, 4.69) is 0 Å². The largest absolute Gasteiger partial charge is 0.396 e. The predicted molar refractivity (Wildman–Crippen MR) is 55.4 cm³/mol. The van der Waals surface area contributed by atoms with E-state index < -0.39 is 0 Å². The average molecular weight is 213 g/mol. The molecule has 2 aliphatic rings. The molecule has 1 aliphatic heterocycles. The molecule has 0 aromatic carbocycles. The molecule has 0 unspecified atom stereocenters. The molecule has 1 aliphatic carbocycles. The highest BCUT2D eigenvalue weighted by Crippen LogP contribution is 2.27. The van der Waals surface area contributed by atoms with Crippen molar-refractivity contribution in [1.82, 2.24) is 4.90 Å². The molecule has 4 heteroatoms. The van der Waals surface area contributed by atoms with Crippen LogP contribution in [0.25, 0.3) is 0 Å². The average Bonchev–Trinajstić information content (AvgIpc) is 2.30. The van der Waals surface area contributed by atoms with Gasteiger partial charge in [0.25, 0.3) is 0 Å². The minimum absolute atomic E-state index is 0.133. The van der Waals surface area contributed by atoms with Gasteiger partial charge in [0.1, 0.15) is 6.61 Å². The van der Waals surface area contributed by atoms with Gasteiger partial charge in [0, 0.05) is 19.2 Å². The van der Waals surface area contributed by atoms with Crippen LogP contribution >= 0.6 is 0 Å². The third kappa shape index (κ3) is 2.49. The first kappa shape index (κ1) is 10.9. The topological polar surface area (TPSA) is 49.8 Å². The molecule has 2 rings (SSSR count). The monoisotopic (exact) mass is 213 g/mol. The maximum absolute atomic E-state index is 11.6. The Labute approximate surface area is 90.2 Å². The van der Waals surface area contributed by atoms with Crippen LogP contribution in [0.3, 0.4) is 0 Å². The van der Waals surface area contributed by atoms with Gasteiger partial charge in [-0.1, -0.05) is 0 Å². The van der Waals surface area contributed by atoms with Gasteiger partial charge in [0.15, 0.2) is 0 Å². The van der Waals surface area contributed by atoms with Gasteiger partial charge in [-0.05, 0) is 31.6 Å². The molecule has 1 heterocycles. The second-order valence-electron chi connectivity index (χ2n) is 4.50. The van der Waals surface area contributed by atoms with Gasteiger partial charge in [-0.25, -0.2) is 0 Å². The fraction of sp³-hybridized carbons (Fsp3) is 0.909. The minimum atomic E-state index is 0.133. The SMILES string of the molecule is O=C1COCCN1[C@H]1CC[C@H](CO)CC1. The van der Waals surface area contributed by atoms with Crippen molar-refractivity contribution in [1.29, 1.82) is 0 Å². The Balaban J connectivity index is 1.86. The smallest absolute Gasteiger partial charge is 0.248 e. The molecule has 1 N–H and O–H groups in total. The van der Waals surface area contributed by atoms with Crippen LogP contribution in [0.1, 0.15) is 25.7 Å². The van der Waals surface area contributed by atoms with E-state index in [9.17, 15) is 4.79 Å². The number of amides is 1. The summed E-state index contributed by atoms with van der Waals surface area (Å²) in [5.41, 5.74) is 0. The summed E-state index contributed by atoms with van der Waals surface area (Å²) in [5.74, 6) is 0.589. The summed E-state index contributed by atoms with van der Waals surface area (Å²) >= 11 is 0. The van der Waals surface area contributed by atoms with Crippen LogP contribution in [0.15, 0.2) is 0 Å². The second kappa shape index (κ2) is 4.94. The molecule has 1 amide bonds. The summed E-state index contributed by atoms with van der Waals surface area (Å²) in [4.78, 5) is 13.6. The molecule has 0 bridgehead atoms. The number of morpholine rings is 1. The maximum Gasteiger partial charge on any atom is 0.248 e. The molecule has 0 spiro atoms. The van der Waals surface area contributed by atoms with Crippen LogP contribution in [0.4, 0.5) is 0 Å². The van der Waals surface area contributed by atoms with Gasteiger partial charge in [0.05, 0.1) is 6.61 Å². The number of carbonyl (C=O) groups excluding carboxylic acids is 1. The fourth-order valence-electron chi connectivity index (χ4n) is 2.56. The van der Waals surface area contributed by atoms with E-state index in [1.165, 1.54) is 0 Å². The third-order valence-electron chi connectivity index (χ3n) is 3.54. The molecule has 4 nitrogen and oxygen atoms in total. The summed E-state index contributed by atoms with van der Waals surface area (Å²) < 4.78 is 5.11. The Kier molecular flexibility index (Phi) is 3.59. The van der Waals surface area contributed by atoms with Gasteiger partial charge >= 0.3 is 0 Å². The molecular formula is C11H19NO3. The van der Waals surface area contributed by atoms with Crippen molar-refractivity contribution >= 4 is 5.91 Å². The molecule has 0 radical (unpaired) electrons. The first-order chi connectivity index (χ1) is 7.31. The summed E-state index contributed by atoms with van der Waals surface area (Å²) in [6.07, 6.45) is 4.17. The summed E-state index contributed by atoms with van der Waals surface area (Å²) in [7, 11) is 0. The molecule has 2 fully saturated rings. The number of carbonyl (C=O) groups is 1. The van der Waals surface area contributed by atoms with Gasteiger partial charge in [-0.3, -0.25) is 4.79 Å². The first-order valence-electron chi connectivity index (χ1n) is 5.79. The van der Waals surface area contributed by atoms with Crippen molar-refractivity contribution < 1.29 is 14.6 Å². The van der Waals surface area contributed by atoms with E-state index in [1.54, 1.807) is 0 Å². The zero-order valence-corrected chi connectivity index (χ0v) is 9.02. The molecule has 86 valence electrons. The fourth-order valence-corrected chi connectivity index (χ4v) is 2.56. The van der Waals surface area contributed by atoms with E-state index in [-0.39, 0.29) is 12.5 Å². The quantitative estimate of drug-likeness (QED) is 0.722. The van der Waals surface area contributed by atoms with Crippen LogP contribution in [0, 0.1) is 5.92 Å². The van der Waals surface area contributed by atoms with Crippen molar-refractivity contribution in [3.63, 3.8) is 0 Å². The Morgan fingerprint density at radius 3 is 2.67 bits per heavy atom. The molecular weight excluding hydrogens is 194 g/mol. The molecule has 0 aromatic heterocycles. The van der Waals surface area contributed by atoms with Crippen molar-refractivity contribution in [2.45, 2.75) is 31.7 Å². The highest BCUT2D eigenvalue weighted by Gasteiger charge is 2.29. The van der Waals surface area contributed by atoms with Gasteiger partial charge in [-0.2, -0.15) is 0 Å². The van der Waals surface area contributed by atoms with E-state index in [0.29, 0.717) is 25.2 Å². The van der Waals surface area contributed by atoms with Crippen molar-refractivity contribution in [2.24, 2.45) is 5.92 Å². The van der Waals surface area contributed by atoms with Gasteiger partial charge in [-0.15, -0.1) is 0 Å². The second-order valence-corrected chi connectivity index (χ2v) is 4.50. The van der Waals surface area contributed by atoms with Crippen molar-refractivity contribution in [3.05, 3.63) is 0 Å². The zero-order valence-electron chi connectivity index (χ0n) is 9.02. The lowest BCUT2D eigenvalue weighted by atomic mass is 9.85. The number of nitrogens with zero attached hydrogens (tertiary/aromatic N) is 1. The van der Waals surface area contributed by atoms with Gasteiger partial charge < -0.3 is 14.7 Å². The molecule has 1 saturated carbocycles. The van der Waals surface area contributed by atoms with Crippen LogP contribution in [-0.4, -0.2) is 48.3 Å². The first-order valence-corrected chi connectivity index (χ1v) is 5.79. The highest BCUT2D eigenvalue weighted by atomic mass is 16.5. The van der Waals surface area contributed by atoms with Crippen molar-refractivity contribution in [2.75, 3.05) is 26.4 Å². The third-order valence-corrected chi connectivity index (χ3v) is 3.54. The summed E-state index contributed by atoms with van der Waals surface area (Å²) in [5, 5.41) is 9.04. The molecule has 0 aromatic rings. The lowest BCUT2D eigenvalue weighted by Crippen LogP contribution is -2.49. The lowest BCUT2D eigenvalue weighted by molar-refractivity contribution is -0.146. The minimum Gasteiger partial charge on any atom is -0.396 e. The number of aliphatic hydroxyl groups excluding tert-OH is 1. The van der Waals surface area contributed by atoms with Crippen LogP contribution in [0.2, 0.25) is 0 Å².